The van der Waals surface area contributed by atoms with E-state index < -0.39 is 5.97 Å². The lowest BCUT2D eigenvalue weighted by Gasteiger charge is -2.14. The minimum absolute atomic E-state index is 0.161. The molecule has 0 aliphatic rings. The maximum Gasteiger partial charge on any atom is 0.326 e. The van der Waals surface area contributed by atoms with E-state index in [-0.39, 0.29) is 24.4 Å². The third kappa shape index (κ3) is 3.48. The topological polar surface area (TPSA) is 73.2 Å². The zero-order valence-electron chi connectivity index (χ0n) is 14.5. The van der Waals surface area contributed by atoms with E-state index in [9.17, 15) is 9.59 Å². The summed E-state index contributed by atoms with van der Waals surface area (Å²) in [6, 6.07) is 12.8. The van der Waals surface area contributed by atoms with Crippen molar-refractivity contribution < 1.29 is 9.53 Å². The fraction of sp³-hybridized carbons (Fsp3) is 0.211. The molecule has 0 bridgehead atoms. The van der Waals surface area contributed by atoms with Crippen molar-refractivity contribution >= 4 is 38.6 Å². The Kier molecular flexibility index (Phi) is 5.37. The number of ether oxygens (including phenoxy) is 1. The van der Waals surface area contributed by atoms with Gasteiger partial charge in [0.2, 0.25) is 0 Å². The van der Waals surface area contributed by atoms with Gasteiger partial charge in [-0.05, 0) is 37.3 Å². The summed E-state index contributed by atoms with van der Waals surface area (Å²) >= 11 is 3.44. The van der Waals surface area contributed by atoms with Gasteiger partial charge in [0.05, 0.1) is 17.6 Å². The molecule has 0 fully saturated rings. The van der Waals surface area contributed by atoms with Gasteiger partial charge in [-0.1, -0.05) is 28.1 Å². The van der Waals surface area contributed by atoms with Crippen LogP contribution in [0.5, 0.6) is 0 Å². The predicted octanol–water partition coefficient (Wildman–Crippen LogP) is 3.43. The SMILES string of the molecule is CCOC(=O)Cn1c(=O)c(-c2cc(Br)ccc2NC)nc2ccccc21. The molecule has 0 radical (unpaired) electrons. The van der Waals surface area contributed by atoms with Crippen LogP contribution in [0.3, 0.4) is 0 Å². The molecule has 1 heterocycles. The average molecular weight is 416 g/mol. The highest BCUT2D eigenvalue weighted by atomic mass is 79.9. The number of para-hydroxylation sites is 2. The van der Waals surface area contributed by atoms with Crippen LogP contribution in [0.4, 0.5) is 5.69 Å². The van der Waals surface area contributed by atoms with Crippen LogP contribution in [0.1, 0.15) is 6.92 Å². The summed E-state index contributed by atoms with van der Waals surface area (Å²) in [5.74, 6) is -0.458. The van der Waals surface area contributed by atoms with Gasteiger partial charge in [0.15, 0.2) is 0 Å². The second kappa shape index (κ2) is 7.70. The molecule has 0 saturated heterocycles. The van der Waals surface area contributed by atoms with E-state index in [2.05, 4.69) is 26.2 Å². The highest BCUT2D eigenvalue weighted by Crippen LogP contribution is 2.28. The number of nitrogens with zero attached hydrogens (tertiary/aromatic N) is 2. The number of aromatic nitrogens is 2. The Morgan fingerprint density at radius 1 is 1.27 bits per heavy atom. The molecular formula is C19H18BrN3O3. The number of rotatable bonds is 5. The second-order valence-electron chi connectivity index (χ2n) is 5.59. The van der Waals surface area contributed by atoms with Gasteiger partial charge in [-0.2, -0.15) is 0 Å². The first-order valence-corrected chi connectivity index (χ1v) is 8.97. The van der Waals surface area contributed by atoms with Crippen molar-refractivity contribution in [1.82, 2.24) is 9.55 Å². The third-order valence-electron chi connectivity index (χ3n) is 3.95. The standard InChI is InChI=1S/C19H18BrN3O3/c1-3-26-17(24)11-23-16-7-5-4-6-15(16)22-18(19(23)25)13-10-12(20)8-9-14(13)21-2/h4-10,21H,3,11H2,1-2H3. The number of fused-ring (bicyclic) bond motifs is 1. The van der Waals surface area contributed by atoms with Crippen LogP contribution in [0.15, 0.2) is 51.7 Å². The first kappa shape index (κ1) is 18.1. The molecule has 3 rings (SSSR count). The number of halogens is 1. The Morgan fingerprint density at radius 2 is 2.04 bits per heavy atom. The fourth-order valence-electron chi connectivity index (χ4n) is 2.79. The van der Waals surface area contributed by atoms with Gasteiger partial charge in [-0.25, -0.2) is 4.98 Å². The number of anilines is 1. The summed E-state index contributed by atoms with van der Waals surface area (Å²) in [7, 11) is 1.78. The highest BCUT2D eigenvalue weighted by Gasteiger charge is 2.17. The maximum absolute atomic E-state index is 13.2. The van der Waals surface area contributed by atoms with E-state index in [1.54, 1.807) is 20.0 Å². The summed E-state index contributed by atoms with van der Waals surface area (Å²) in [5, 5.41) is 3.08. The largest absolute Gasteiger partial charge is 0.465 e. The number of carbonyl (C=O) groups excluding carboxylic acids is 1. The number of carbonyl (C=O) groups is 1. The Labute approximate surface area is 158 Å². The van der Waals surface area contributed by atoms with Crippen LogP contribution in [0.25, 0.3) is 22.3 Å². The minimum Gasteiger partial charge on any atom is -0.465 e. The molecule has 0 amide bonds. The van der Waals surface area contributed by atoms with E-state index >= 15 is 0 Å². The molecule has 0 unspecified atom stereocenters. The van der Waals surface area contributed by atoms with E-state index in [1.807, 2.05) is 36.4 Å². The lowest BCUT2D eigenvalue weighted by molar-refractivity contribution is -0.143. The normalized spacial score (nSPS) is 10.7. The highest BCUT2D eigenvalue weighted by molar-refractivity contribution is 9.10. The van der Waals surface area contributed by atoms with Gasteiger partial charge in [-0.3, -0.25) is 14.2 Å². The molecule has 2 aromatic carbocycles. The van der Waals surface area contributed by atoms with Crippen molar-refractivity contribution in [3.8, 4) is 11.3 Å². The molecular weight excluding hydrogens is 398 g/mol. The van der Waals surface area contributed by atoms with Gasteiger partial charge in [0.1, 0.15) is 12.2 Å². The average Bonchev–Trinajstić information content (AvgIpc) is 2.64. The van der Waals surface area contributed by atoms with Crippen molar-refractivity contribution in [2.24, 2.45) is 0 Å². The molecule has 0 spiro atoms. The van der Waals surface area contributed by atoms with Crippen LogP contribution < -0.4 is 10.9 Å². The van der Waals surface area contributed by atoms with E-state index in [0.717, 1.165) is 10.2 Å². The van der Waals surface area contributed by atoms with Crippen LogP contribution in [0, 0.1) is 0 Å². The fourth-order valence-corrected chi connectivity index (χ4v) is 3.15. The maximum atomic E-state index is 13.2. The quantitative estimate of drug-likeness (QED) is 0.646. The molecule has 134 valence electrons. The van der Waals surface area contributed by atoms with Crippen molar-refractivity contribution in [2.45, 2.75) is 13.5 Å². The molecule has 0 saturated carbocycles. The van der Waals surface area contributed by atoms with Gasteiger partial charge in [0.25, 0.3) is 5.56 Å². The Morgan fingerprint density at radius 3 is 2.77 bits per heavy atom. The zero-order chi connectivity index (χ0) is 18.7. The molecule has 7 heteroatoms. The van der Waals surface area contributed by atoms with Crippen LogP contribution in [0.2, 0.25) is 0 Å². The summed E-state index contributed by atoms with van der Waals surface area (Å²) in [6.07, 6.45) is 0. The van der Waals surface area contributed by atoms with E-state index in [1.165, 1.54) is 4.57 Å². The number of hydrogen-bond acceptors (Lipinski definition) is 5. The van der Waals surface area contributed by atoms with Crippen LogP contribution in [-0.2, 0) is 16.1 Å². The Bertz CT molecular complexity index is 1030. The third-order valence-corrected chi connectivity index (χ3v) is 4.44. The van der Waals surface area contributed by atoms with Crippen LogP contribution >= 0.6 is 15.9 Å². The summed E-state index contributed by atoms with van der Waals surface area (Å²) in [5.41, 5.74) is 2.60. The van der Waals surface area contributed by atoms with Crippen LogP contribution in [-0.4, -0.2) is 29.2 Å². The number of benzene rings is 2. The van der Waals surface area contributed by atoms with Gasteiger partial charge in [-0.15, -0.1) is 0 Å². The number of hydrogen-bond donors (Lipinski definition) is 1. The van der Waals surface area contributed by atoms with E-state index in [4.69, 9.17) is 4.74 Å². The Balaban J connectivity index is 2.28. The molecule has 3 aromatic rings. The summed E-state index contributed by atoms with van der Waals surface area (Å²) in [4.78, 5) is 29.7. The predicted molar refractivity (Wildman–Crippen MR) is 105 cm³/mol. The first-order valence-electron chi connectivity index (χ1n) is 8.18. The summed E-state index contributed by atoms with van der Waals surface area (Å²) in [6.45, 7) is 1.84. The van der Waals surface area contributed by atoms with Crippen molar-refractivity contribution in [1.29, 1.82) is 0 Å². The monoisotopic (exact) mass is 415 g/mol. The summed E-state index contributed by atoms with van der Waals surface area (Å²) < 4.78 is 7.26. The number of esters is 1. The molecule has 0 aliphatic carbocycles. The Hall–Kier alpha value is -2.67. The van der Waals surface area contributed by atoms with Gasteiger partial charge >= 0.3 is 5.97 Å². The first-order chi connectivity index (χ1) is 12.5. The molecule has 0 aliphatic heterocycles. The second-order valence-corrected chi connectivity index (χ2v) is 6.50. The molecule has 1 N–H and O–H groups in total. The van der Waals surface area contributed by atoms with Crippen molar-refractivity contribution in [3.05, 3.63) is 57.3 Å². The van der Waals surface area contributed by atoms with Crippen molar-refractivity contribution in [2.75, 3.05) is 19.0 Å². The van der Waals surface area contributed by atoms with Gasteiger partial charge in [0, 0.05) is 22.8 Å². The molecule has 26 heavy (non-hydrogen) atoms. The molecule has 6 nitrogen and oxygen atoms in total. The lowest BCUT2D eigenvalue weighted by atomic mass is 10.1. The zero-order valence-corrected chi connectivity index (χ0v) is 16.0. The van der Waals surface area contributed by atoms with Gasteiger partial charge < -0.3 is 10.1 Å². The van der Waals surface area contributed by atoms with E-state index in [0.29, 0.717) is 16.6 Å². The minimum atomic E-state index is -0.458. The van der Waals surface area contributed by atoms with Crippen molar-refractivity contribution in [3.63, 3.8) is 0 Å². The number of nitrogens with one attached hydrogen (secondary N) is 1. The molecule has 1 aromatic heterocycles. The smallest absolute Gasteiger partial charge is 0.326 e. The molecule has 0 atom stereocenters. The lowest BCUT2D eigenvalue weighted by Crippen LogP contribution is -2.28.